The minimum atomic E-state index is 0.0296. The number of methoxy groups -OCH3 is 1. The molecule has 0 saturated heterocycles. The van der Waals surface area contributed by atoms with E-state index in [0.717, 1.165) is 35.7 Å². The molecule has 0 fully saturated rings. The number of hydrogen-bond donors (Lipinski definition) is 1. The van der Waals surface area contributed by atoms with Crippen molar-refractivity contribution in [3.63, 3.8) is 0 Å². The summed E-state index contributed by atoms with van der Waals surface area (Å²) in [6.45, 7) is 0.926. The molecule has 2 heterocycles. The Kier molecular flexibility index (Phi) is 4.74. The lowest BCUT2D eigenvalue weighted by molar-refractivity contribution is 0.415. The molecule has 140 valence electrons. The number of thioether (sulfide) groups is 1. The van der Waals surface area contributed by atoms with Gasteiger partial charge >= 0.3 is 0 Å². The van der Waals surface area contributed by atoms with Gasteiger partial charge < -0.3 is 20.3 Å². The van der Waals surface area contributed by atoms with Crippen molar-refractivity contribution in [2.45, 2.75) is 11.8 Å². The van der Waals surface area contributed by atoms with Gasteiger partial charge in [-0.15, -0.1) is 0 Å². The molecule has 0 radical (unpaired) electrons. The van der Waals surface area contributed by atoms with E-state index in [1.54, 1.807) is 18.9 Å². The van der Waals surface area contributed by atoms with E-state index in [9.17, 15) is 0 Å². The Morgan fingerprint density at radius 1 is 1.19 bits per heavy atom. The maximum absolute atomic E-state index is 6.26. The number of fused-ring (bicyclic) bond motifs is 1. The average molecular weight is 381 g/mol. The summed E-state index contributed by atoms with van der Waals surface area (Å²) in [7, 11) is 5.77. The van der Waals surface area contributed by atoms with Crippen LogP contribution in [0.2, 0.25) is 0 Å². The fourth-order valence-corrected chi connectivity index (χ4v) is 4.54. The predicted octanol–water partition coefficient (Wildman–Crippen LogP) is 4.28. The van der Waals surface area contributed by atoms with Crippen molar-refractivity contribution in [2.75, 3.05) is 43.3 Å². The van der Waals surface area contributed by atoms with Crippen molar-refractivity contribution in [1.29, 1.82) is 0 Å². The Hall–Kier alpha value is -2.60. The highest BCUT2D eigenvalue weighted by Crippen LogP contribution is 2.47. The molecule has 0 saturated carbocycles. The Bertz CT molecular complexity index is 905. The Balaban J connectivity index is 1.58. The summed E-state index contributed by atoms with van der Waals surface area (Å²) in [4.78, 5) is 10.6. The van der Waals surface area contributed by atoms with E-state index >= 15 is 0 Å². The molecule has 0 amide bonds. The normalized spacial score (nSPS) is 18.6. The van der Waals surface area contributed by atoms with Crippen LogP contribution in [0.3, 0.4) is 0 Å². The van der Waals surface area contributed by atoms with Crippen molar-refractivity contribution < 1.29 is 4.74 Å². The lowest BCUT2D eigenvalue weighted by atomic mass is 10.1. The van der Waals surface area contributed by atoms with Gasteiger partial charge in [0.05, 0.1) is 12.8 Å². The zero-order valence-corrected chi connectivity index (χ0v) is 16.7. The van der Waals surface area contributed by atoms with E-state index in [2.05, 4.69) is 34.2 Å². The number of aliphatic imine (C=N–C) groups is 1. The van der Waals surface area contributed by atoms with Crippen molar-refractivity contribution in [1.82, 2.24) is 0 Å². The summed E-state index contributed by atoms with van der Waals surface area (Å²) in [5, 5.41) is 0.0296. The van der Waals surface area contributed by atoms with E-state index < -0.39 is 0 Å². The molecule has 2 N–H and O–H groups in total. The molecule has 2 aliphatic rings. The topological polar surface area (TPSA) is 54.1 Å². The summed E-state index contributed by atoms with van der Waals surface area (Å²) in [5.41, 5.74) is 11.6. The van der Waals surface area contributed by atoms with Crippen LogP contribution >= 0.6 is 11.8 Å². The Morgan fingerprint density at radius 3 is 2.67 bits per heavy atom. The lowest BCUT2D eigenvalue weighted by Gasteiger charge is -2.25. The van der Waals surface area contributed by atoms with Gasteiger partial charge in [-0.3, -0.25) is 4.99 Å². The van der Waals surface area contributed by atoms with Crippen molar-refractivity contribution in [3.8, 4) is 5.75 Å². The van der Waals surface area contributed by atoms with Gasteiger partial charge in [-0.1, -0.05) is 11.8 Å². The highest BCUT2D eigenvalue weighted by Gasteiger charge is 2.29. The molecule has 2 aromatic carbocycles. The summed E-state index contributed by atoms with van der Waals surface area (Å²) in [6, 6.07) is 14.3. The molecule has 1 unspecified atom stereocenters. The molecule has 0 aromatic heterocycles. The Morgan fingerprint density at radius 2 is 1.96 bits per heavy atom. The molecule has 2 aliphatic heterocycles. The lowest BCUT2D eigenvalue weighted by Crippen LogP contribution is -2.25. The van der Waals surface area contributed by atoms with Gasteiger partial charge in [0.1, 0.15) is 11.1 Å². The van der Waals surface area contributed by atoms with Crippen LogP contribution in [-0.4, -0.2) is 33.5 Å². The van der Waals surface area contributed by atoms with Gasteiger partial charge in [-0.25, -0.2) is 0 Å². The smallest absolute Gasteiger partial charge is 0.127 e. The van der Waals surface area contributed by atoms with Crippen LogP contribution in [0, 0.1) is 0 Å². The maximum Gasteiger partial charge on any atom is 0.127 e. The summed E-state index contributed by atoms with van der Waals surface area (Å²) in [5.74, 6) is 0.872. The summed E-state index contributed by atoms with van der Waals surface area (Å²) in [6.07, 6.45) is 3.15. The van der Waals surface area contributed by atoms with Gasteiger partial charge in [-0.2, -0.15) is 0 Å². The molecule has 6 heteroatoms. The van der Waals surface area contributed by atoms with E-state index in [-0.39, 0.29) is 5.37 Å². The molecule has 5 nitrogen and oxygen atoms in total. The third-order valence-corrected chi connectivity index (χ3v) is 6.09. The fourth-order valence-electron chi connectivity index (χ4n) is 3.31. The average Bonchev–Trinajstić information content (AvgIpc) is 3.11. The molecule has 0 spiro atoms. The third-order valence-electron chi connectivity index (χ3n) is 4.92. The van der Waals surface area contributed by atoms with Crippen molar-refractivity contribution in [2.24, 2.45) is 4.99 Å². The van der Waals surface area contributed by atoms with Crippen LogP contribution in [0.4, 0.5) is 17.1 Å². The van der Waals surface area contributed by atoms with E-state index in [4.69, 9.17) is 15.5 Å². The minimum Gasteiger partial charge on any atom is -0.497 e. The van der Waals surface area contributed by atoms with E-state index in [0.29, 0.717) is 0 Å². The SMILES string of the molecule is COc1ccc(N2C=C3SC(c4cc(N(C)C)ccc4N)N=C3CC2)cc1. The number of ether oxygens (including phenoxy) is 1. The molecule has 2 aromatic rings. The molecule has 0 aliphatic carbocycles. The highest BCUT2D eigenvalue weighted by atomic mass is 32.2. The second kappa shape index (κ2) is 7.19. The second-order valence-corrected chi connectivity index (χ2v) is 8.01. The predicted molar refractivity (Wildman–Crippen MR) is 116 cm³/mol. The molecule has 27 heavy (non-hydrogen) atoms. The number of nitrogen functional groups attached to an aromatic ring is 1. The zero-order chi connectivity index (χ0) is 19.0. The van der Waals surface area contributed by atoms with Gasteiger partial charge in [0.25, 0.3) is 0 Å². The first kappa shape index (κ1) is 17.8. The van der Waals surface area contributed by atoms with Crippen LogP contribution in [0.15, 0.2) is 58.6 Å². The fraction of sp³-hybridized carbons (Fsp3) is 0.286. The first-order valence-electron chi connectivity index (χ1n) is 8.98. The van der Waals surface area contributed by atoms with Crippen LogP contribution < -0.4 is 20.3 Å². The van der Waals surface area contributed by atoms with Gasteiger partial charge in [0.15, 0.2) is 0 Å². The summed E-state index contributed by atoms with van der Waals surface area (Å²) >= 11 is 1.78. The van der Waals surface area contributed by atoms with Crippen LogP contribution in [0.1, 0.15) is 17.4 Å². The first-order valence-corrected chi connectivity index (χ1v) is 9.86. The largest absolute Gasteiger partial charge is 0.497 e. The van der Waals surface area contributed by atoms with Crippen LogP contribution in [-0.2, 0) is 0 Å². The number of nitrogens with two attached hydrogens (primary N) is 1. The Labute approximate surface area is 164 Å². The second-order valence-electron chi connectivity index (χ2n) is 6.89. The quantitative estimate of drug-likeness (QED) is 0.802. The first-order chi connectivity index (χ1) is 13.0. The molecule has 1 atom stereocenters. The molecular weight excluding hydrogens is 356 g/mol. The number of benzene rings is 2. The highest BCUT2D eigenvalue weighted by molar-refractivity contribution is 8.04. The molecule has 4 rings (SSSR count). The molecular formula is C21H24N4OS. The summed E-state index contributed by atoms with van der Waals surface area (Å²) < 4.78 is 5.25. The number of nitrogens with zero attached hydrogens (tertiary/aromatic N) is 3. The van der Waals surface area contributed by atoms with Crippen LogP contribution in [0.25, 0.3) is 0 Å². The van der Waals surface area contributed by atoms with Crippen LogP contribution in [0.5, 0.6) is 5.75 Å². The number of rotatable bonds is 4. The molecule has 0 bridgehead atoms. The van der Waals surface area contributed by atoms with Gasteiger partial charge in [-0.05, 0) is 42.5 Å². The van der Waals surface area contributed by atoms with Crippen molar-refractivity contribution in [3.05, 3.63) is 59.1 Å². The van der Waals surface area contributed by atoms with E-state index in [1.165, 1.54) is 16.3 Å². The minimum absolute atomic E-state index is 0.0296. The van der Waals surface area contributed by atoms with Gasteiger partial charge in [0, 0.05) is 60.8 Å². The maximum atomic E-state index is 6.26. The monoisotopic (exact) mass is 380 g/mol. The number of hydrogen-bond acceptors (Lipinski definition) is 6. The third kappa shape index (κ3) is 3.49. The standard InChI is InChI=1S/C21H24N4OS/c1-24(2)15-6-9-18(22)17(12-15)21-23-19-10-11-25(13-20(19)27-21)14-4-7-16(26-3)8-5-14/h4-9,12-13,21H,10-11,22H2,1-3H3. The van der Waals surface area contributed by atoms with E-state index in [1.807, 2.05) is 38.4 Å². The van der Waals surface area contributed by atoms with Crippen molar-refractivity contribution >= 4 is 34.5 Å². The number of allylic oxidation sites excluding steroid dienone is 1. The zero-order valence-electron chi connectivity index (χ0n) is 15.8. The number of anilines is 3. The van der Waals surface area contributed by atoms with Gasteiger partial charge in [0.2, 0.25) is 0 Å².